The smallest absolute Gasteiger partial charge is 0.271 e. The molecule has 4 atom stereocenters. The zero-order valence-corrected chi connectivity index (χ0v) is 19.3. The van der Waals surface area contributed by atoms with Gasteiger partial charge < -0.3 is 10.1 Å². The molecule has 3 aliphatic rings. The number of thioether (sulfide) groups is 1. The van der Waals surface area contributed by atoms with Crippen molar-refractivity contribution in [3.05, 3.63) is 58.1 Å². The van der Waals surface area contributed by atoms with E-state index in [9.17, 15) is 24.5 Å². The fourth-order valence-corrected chi connectivity index (χ4v) is 5.95. The van der Waals surface area contributed by atoms with Crippen LogP contribution in [0.5, 0.6) is 5.75 Å². The van der Waals surface area contributed by atoms with E-state index in [1.807, 2.05) is 6.26 Å². The number of nitrogens with one attached hydrogen (secondary N) is 2. The van der Waals surface area contributed by atoms with Gasteiger partial charge in [0.2, 0.25) is 17.7 Å². The average Bonchev–Trinajstić information content (AvgIpc) is 3.41. The molecule has 34 heavy (non-hydrogen) atoms. The summed E-state index contributed by atoms with van der Waals surface area (Å²) in [6.07, 6.45) is 2.51. The number of fused-ring (bicyclic) bond motifs is 4. The Morgan fingerprint density at radius 1 is 1.18 bits per heavy atom. The molecule has 4 unspecified atom stereocenters. The first kappa shape index (κ1) is 22.4. The van der Waals surface area contributed by atoms with Crippen LogP contribution in [-0.2, 0) is 19.9 Å². The Kier molecular flexibility index (Phi) is 5.33. The van der Waals surface area contributed by atoms with Crippen LogP contribution in [0.2, 0.25) is 0 Å². The maximum absolute atomic E-state index is 13.9. The number of hydrogen-bond donors (Lipinski definition) is 2. The van der Waals surface area contributed by atoms with Crippen LogP contribution in [0.4, 0.5) is 17.1 Å². The predicted molar refractivity (Wildman–Crippen MR) is 126 cm³/mol. The number of hydrogen-bond acceptors (Lipinski definition) is 8. The summed E-state index contributed by atoms with van der Waals surface area (Å²) in [4.78, 5) is 52.9. The molecule has 176 valence electrons. The zero-order valence-electron chi connectivity index (χ0n) is 18.4. The maximum Gasteiger partial charge on any atom is 0.271 e. The summed E-state index contributed by atoms with van der Waals surface area (Å²) in [6.45, 7) is 0. The number of ether oxygens (including phenoxy) is 1. The second-order valence-electron chi connectivity index (χ2n) is 8.47. The minimum atomic E-state index is -1.40. The highest BCUT2D eigenvalue weighted by atomic mass is 32.2. The van der Waals surface area contributed by atoms with Gasteiger partial charge in [-0.05, 0) is 30.6 Å². The van der Waals surface area contributed by atoms with Crippen molar-refractivity contribution in [2.45, 2.75) is 18.0 Å². The number of carbonyl (C=O) groups excluding carboxylic acids is 3. The third kappa shape index (κ3) is 2.96. The number of non-ortho nitro benzene ring substituents is 1. The summed E-state index contributed by atoms with van der Waals surface area (Å²) in [5.74, 6) is -2.39. The number of anilines is 2. The predicted octanol–water partition coefficient (Wildman–Crippen LogP) is 2.28. The highest BCUT2D eigenvalue weighted by Crippen LogP contribution is 2.54. The van der Waals surface area contributed by atoms with E-state index in [1.54, 1.807) is 36.0 Å². The molecule has 0 bridgehead atoms. The maximum atomic E-state index is 13.9. The average molecular weight is 483 g/mol. The van der Waals surface area contributed by atoms with Gasteiger partial charge in [0.05, 0.1) is 23.9 Å². The summed E-state index contributed by atoms with van der Waals surface area (Å²) in [7, 11) is 1.36. The van der Waals surface area contributed by atoms with Gasteiger partial charge in [0, 0.05) is 29.4 Å². The largest absolute Gasteiger partial charge is 0.495 e. The fraction of sp³-hybridized carbons (Fsp3) is 0.348. The molecule has 1 spiro atoms. The van der Waals surface area contributed by atoms with Crippen LogP contribution >= 0.6 is 11.8 Å². The van der Waals surface area contributed by atoms with Gasteiger partial charge in [-0.1, -0.05) is 18.2 Å². The van der Waals surface area contributed by atoms with Gasteiger partial charge >= 0.3 is 0 Å². The lowest BCUT2D eigenvalue weighted by atomic mass is 9.76. The minimum Gasteiger partial charge on any atom is -0.495 e. The van der Waals surface area contributed by atoms with Gasteiger partial charge in [0.15, 0.2) is 0 Å². The molecule has 2 fully saturated rings. The Balaban J connectivity index is 1.67. The highest BCUT2D eigenvalue weighted by Gasteiger charge is 2.70. The first-order valence-corrected chi connectivity index (χ1v) is 12.1. The van der Waals surface area contributed by atoms with Crippen molar-refractivity contribution in [3.8, 4) is 5.75 Å². The van der Waals surface area contributed by atoms with Crippen LogP contribution in [0, 0.1) is 22.0 Å². The number of nitro groups is 1. The second kappa shape index (κ2) is 8.10. The van der Waals surface area contributed by atoms with Crippen molar-refractivity contribution in [1.82, 2.24) is 5.32 Å². The molecule has 2 aromatic rings. The third-order valence-electron chi connectivity index (χ3n) is 6.87. The lowest BCUT2D eigenvalue weighted by Gasteiger charge is -2.29. The quantitative estimate of drug-likeness (QED) is 0.364. The SMILES string of the molecule is COc1ccc([N+](=O)[O-])cc1N1C(=O)C2C(CCSC)NC3(C(=O)Nc4ccccc43)C2C1=O. The first-order valence-electron chi connectivity index (χ1n) is 10.7. The molecule has 5 rings (SSSR count). The number of benzene rings is 2. The number of nitrogens with zero attached hydrogens (tertiary/aromatic N) is 2. The standard InChI is InChI=1S/C23H22N4O6S/c1-33-17-8-7-12(27(31)32)11-16(17)26-20(28)18-15(9-10-34-2)25-23(19(18)21(26)29)13-5-3-4-6-14(13)24-22(23)30/h3-8,11,15,18-19,25H,9-10H2,1-2H3,(H,24,30). The van der Waals surface area contributed by atoms with Crippen molar-refractivity contribution in [1.29, 1.82) is 0 Å². The molecule has 11 heteroatoms. The Morgan fingerprint density at radius 2 is 1.94 bits per heavy atom. The molecule has 2 saturated heterocycles. The molecular weight excluding hydrogens is 460 g/mol. The van der Waals surface area contributed by atoms with Crippen molar-refractivity contribution in [2.24, 2.45) is 11.8 Å². The Bertz CT molecular complexity index is 1240. The molecule has 2 N–H and O–H groups in total. The summed E-state index contributed by atoms with van der Waals surface area (Å²) < 4.78 is 5.33. The van der Waals surface area contributed by atoms with Crippen molar-refractivity contribution >= 4 is 46.5 Å². The van der Waals surface area contributed by atoms with Gasteiger partial charge in [-0.25, -0.2) is 4.90 Å². The Morgan fingerprint density at radius 3 is 2.65 bits per heavy atom. The molecular formula is C23H22N4O6S. The van der Waals surface area contributed by atoms with Gasteiger partial charge in [-0.15, -0.1) is 0 Å². The molecule has 10 nitrogen and oxygen atoms in total. The highest BCUT2D eigenvalue weighted by molar-refractivity contribution is 7.98. The minimum absolute atomic E-state index is 0.00607. The van der Waals surface area contributed by atoms with Gasteiger partial charge in [0.1, 0.15) is 17.0 Å². The zero-order chi connectivity index (χ0) is 24.2. The van der Waals surface area contributed by atoms with Crippen molar-refractivity contribution in [3.63, 3.8) is 0 Å². The fourth-order valence-electron chi connectivity index (χ4n) is 5.46. The number of amides is 3. The van der Waals surface area contributed by atoms with E-state index in [0.717, 1.165) is 16.7 Å². The molecule has 0 saturated carbocycles. The van der Waals surface area contributed by atoms with Crippen LogP contribution in [0.25, 0.3) is 0 Å². The van der Waals surface area contributed by atoms with Crippen LogP contribution in [0.3, 0.4) is 0 Å². The summed E-state index contributed by atoms with van der Waals surface area (Å²) in [6, 6.07) is 10.5. The summed E-state index contributed by atoms with van der Waals surface area (Å²) >= 11 is 1.61. The van der Waals surface area contributed by atoms with Gasteiger partial charge in [0.25, 0.3) is 5.69 Å². The lowest BCUT2D eigenvalue weighted by Crippen LogP contribution is -2.53. The Hall–Kier alpha value is -3.44. The van der Waals surface area contributed by atoms with E-state index in [2.05, 4.69) is 10.6 Å². The number of rotatable bonds is 6. The van der Waals surface area contributed by atoms with Crippen molar-refractivity contribution < 1.29 is 24.0 Å². The lowest BCUT2D eigenvalue weighted by molar-refractivity contribution is -0.384. The van der Waals surface area contributed by atoms with Gasteiger partial charge in [-0.3, -0.25) is 29.8 Å². The number of carbonyl (C=O) groups is 3. The summed E-state index contributed by atoms with van der Waals surface area (Å²) in [5.41, 5.74) is -0.456. The van der Waals surface area contributed by atoms with Crippen LogP contribution in [0.15, 0.2) is 42.5 Å². The van der Waals surface area contributed by atoms with E-state index in [0.29, 0.717) is 17.7 Å². The molecule has 0 aromatic heterocycles. The molecule has 0 aliphatic carbocycles. The first-order chi connectivity index (χ1) is 16.3. The number of nitro benzene ring substituents is 1. The van der Waals surface area contributed by atoms with Crippen LogP contribution < -0.4 is 20.3 Å². The topological polar surface area (TPSA) is 131 Å². The molecule has 3 amide bonds. The van der Waals surface area contributed by atoms with Gasteiger partial charge in [-0.2, -0.15) is 11.8 Å². The molecule has 3 heterocycles. The molecule has 2 aromatic carbocycles. The van der Waals surface area contributed by atoms with E-state index >= 15 is 0 Å². The number of methoxy groups -OCH3 is 1. The monoisotopic (exact) mass is 482 g/mol. The second-order valence-corrected chi connectivity index (χ2v) is 9.45. The van der Waals surface area contributed by atoms with E-state index < -0.39 is 40.2 Å². The third-order valence-corrected chi connectivity index (χ3v) is 7.51. The molecule has 0 radical (unpaired) electrons. The summed E-state index contributed by atoms with van der Waals surface area (Å²) in [5, 5.41) is 17.6. The number of imide groups is 1. The number of para-hydroxylation sites is 1. The normalized spacial score (nSPS) is 27.2. The van der Waals surface area contributed by atoms with E-state index in [4.69, 9.17) is 4.74 Å². The molecule has 3 aliphatic heterocycles. The van der Waals surface area contributed by atoms with Crippen molar-refractivity contribution in [2.75, 3.05) is 29.3 Å². The van der Waals surface area contributed by atoms with Crippen LogP contribution in [-0.4, -0.2) is 47.8 Å². The van der Waals surface area contributed by atoms with E-state index in [-0.39, 0.29) is 23.0 Å². The van der Waals surface area contributed by atoms with E-state index in [1.165, 1.54) is 19.2 Å². The van der Waals surface area contributed by atoms with Crippen LogP contribution in [0.1, 0.15) is 12.0 Å². The Labute approximate surface area is 199 Å².